The van der Waals surface area contributed by atoms with Gasteiger partial charge < -0.3 is 24.2 Å². The van der Waals surface area contributed by atoms with Gasteiger partial charge in [0.15, 0.2) is 6.10 Å². The summed E-state index contributed by atoms with van der Waals surface area (Å²) < 4.78 is 39.4. The number of esters is 3. The smallest absolute Gasteiger partial charge is 0.462 e. The van der Waals surface area contributed by atoms with E-state index < -0.39 is 57.8 Å². The molecular weight excluding hydrogens is 952 g/mol. The number of aliphatic hydroxyl groups excluding tert-OH is 1. The summed E-state index contributed by atoms with van der Waals surface area (Å²) in [6.07, 6.45) is 65.2. The summed E-state index contributed by atoms with van der Waals surface area (Å²) in [6.45, 7) is 4.41. The SMILES string of the molecule is CC/C=C\C/C=C\C/C=C\C/C=C\C/C=C\C/C=C\CCC(=O)OC(COC(=O)CCCCCCC/C=C\C/C=C\CCCCC)COP(=O)(O)OCC(CO)OC(=O)CCCCCCCCCCCCCCC. The van der Waals surface area contributed by atoms with E-state index in [2.05, 4.69) is 106 Å². The molecule has 0 aromatic carbocycles. The largest absolute Gasteiger partial charge is 0.472 e. The van der Waals surface area contributed by atoms with Gasteiger partial charge in [-0.25, -0.2) is 4.57 Å². The summed E-state index contributed by atoms with van der Waals surface area (Å²) in [7, 11) is -4.77. The molecule has 0 amide bonds. The lowest BCUT2D eigenvalue weighted by molar-refractivity contribution is -0.161. The van der Waals surface area contributed by atoms with Crippen molar-refractivity contribution in [2.75, 3.05) is 26.4 Å². The molecule has 0 radical (unpaired) electrons. The van der Waals surface area contributed by atoms with Gasteiger partial charge in [-0.3, -0.25) is 23.4 Å². The van der Waals surface area contributed by atoms with Gasteiger partial charge in [-0.1, -0.05) is 227 Å². The van der Waals surface area contributed by atoms with Crippen molar-refractivity contribution in [3.8, 4) is 0 Å². The quantitative estimate of drug-likeness (QED) is 0.0197. The number of carbonyl (C=O) groups is 3. The van der Waals surface area contributed by atoms with Crippen molar-refractivity contribution in [2.45, 2.75) is 251 Å². The maximum Gasteiger partial charge on any atom is 0.472 e. The summed E-state index contributed by atoms with van der Waals surface area (Å²) in [6, 6.07) is 0. The molecule has 0 spiro atoms. The van der Waals surface area contributed by atoms with E-state index >= 15 is 0 Å². The van der Waals surface area contributed by atoms with Crippen molar-refractivity contribution in [2.24, 2.45) is 0 Å². The number of ether oxygens (including phenoxy) is 3. The maximum absolute atomic E-state index is 12.9. The monoisotopic (exact) mass is 1060 g/mol. The number of hydrogen-bond acceptors (Lipinski definition) is 10. The number of phosphoric acid groups is 1. The highest BCUT2D eigenvalue weighted by atomic mass is 31.2. The Labute approximate surface area is 451 Å². The van der Waals surface area contributed by atoms with Crippen LogP contribution >= 0.6 is 7.82 Å². The lowest BCUT2D eigenvalue weighted by Gasteiger charge is -2.21. The highest BCUT2D eigenvalue weighted by Crippen LogP contribution is 2.43. The third-order valence-electron chi connectivity index (χ3n) is 12.0. The molecule has 11 nitrogen and oxygen atoms in total. The second-order valence-corrected chi connectivity index (χ2v) is 20.5. The number of hydrogen-bond donors (Lipinski definition) is 2. The second-order valence-electron chi connectivity index (χ2n) is 19.1. The minimum absolute atomic E-state index is 0.0364. The Morgan fingerprint density at radius 2 is 0.730 bits per heavy atom. The van der Waals surface area contributed by atoms with E-state index in [0.717, 1.165) is 96.3 Å². The number of phosphoric ester groups is 1. The average Bonchev–Trinajstić information content (AvgIpc) is 3.39. The van der Waals surface area contributed by atoms with Gasteiger partial charge >= 0.3 is 25.7 Å². The molecule has 424 valence electrons. The van der Waals surface area contributed by atoms with Gasteiger partial charge in [0, 0.05) is 19.3 Å². The van der Waals surface area contributed by atoms with Crippen LogP contribution < -0.4 is 0 Å². The van der Waals surface area contributed by atoms with Gasteiger partial charge in [0.25, 0.3) is 0 Å². The molecule has 12 heteroatoms. The zero-order valence-electron chi connectivity index (χ0n) is 46.8. The van der Waals surface area contributed by atoms with Crippen LogP contribution in [0.3, 0.4) is 0 Å². The van der Waals surface area contributed by atoms with Crippen LogP contribution in [0.5, 0.6) is 0 Å². The van der Waals surface area contributed by atoms with Crippen molar-refractivity contribution < 1.29 is 52.2 Å². The first-order valence-corrected chi connectivity index (χ1v) is 30.6. The molecule has 0 aromatic rings. The third-order valence-corrected chi connectivity index (χ3v) is 13.0. The van der Waals surface area contributed by atoms with Gasteiger partial charge in [0.1, 0.15) is 12.7 Å². The van der Waals surface area contributed by atoms with Crippen molar-refractivity contribution in [1.29, 1.82) is 0 Å². The predicted molar refractivity (Wildman–Crippen MR) is 307 cm³/mol. The summed E-state index contributed by atoms with van der Waals surface area (Å²) in [5.74, 6) is -1.58. The van der Waals surface area contributed by atoms with Gasteiger partial charge in [-0.05, 0) is 89.9 Å². The molecule has 0 heterocycles. The average molecular weight is 1060 g/mol. The summed E-state index contributed by atoms with van der Waals surface area (Å²) in [4.78, 5) is 48.5. The zero-order valence-corrected chi connectivity index (χ0v) is 47.7. The Kier molecular flexibility index (Phi) is 52.9. The molecule has 0 aliphatic carbocycles. The lowest BCUT2D eigenvalue weighted by atomic mass is 10.0. The minimum Gasteiger partial charge on any atom is -0.462 e. The highest BCUT2D eigenvalue weighted by molar-refractivity contribution is 7.47. The van der Waals surface area contributed by atoms with Crippen LogP contribution in [0.25, 0.3) is 0 Å². The van der Waals surface area contributed by atoms with Crippen molar-refractivity contribution >= 4 is 25.7 Å². The Morgan fingerprint density at radius 3 is 1.19 bits per heavy atom. The van der Waals surface area contributed by atoms with Gasteiger partial charge in [-0.15, -0.1) is 0 Å². The molecule has 0 saturated heterocycles. The molecule has 0 fully saturated rings. The molecular formula is C62H105O11P. The second kappa shape index (κ2) is 55.6. The first-order valence-electron chi connectivity index (χ1n) is 29.1. The molecule has 0 bridgehead atoms. The van der Waals surface area contributed by atoms with E-state index in [9.17, 15) is 28.9 Å². The third kappa shape index (κ3) is 53.2. The molecule has 0 aliphatic heterocycles. The predicted octanol–water partition coefficient (Wildman–Crippen LogP) is 17.3. The first-order chi connectivity index (χ1) is 36.2. The standard InChI is InChI=1S/C62H105O11P/c1-4-7-10-13-16-19-22-25-27-28-29-30-32-35-38-41-44-47-50-53-62(66)73-59(55-69-60(64)51-48-45-42-39-36-34-31-26-23-20-17-14-11-8-5-2)57-71-74(67,68)70-56-58(54-63)72-61(65)52-49-46-43-40-37-33-24-21-18-15-12-9-6-3/h7,10,16-17,19-20,25-27,29-31,35,38,44,47,58-59,63H,4-6,8-9,11-15,18,21-24,28,32-34,36-37,39-43,45-46,48-57H2,1-3H3,(H,67,68)/b10-7-,19-16-,20-17-,27-25-,30-29-,31-26-,38-35-,47-44-. The molecule has 74 heavy (non-hydrogen) atoms. The fourth-order valence-electron chi connectivity index (χ4n) is 7.59. The molecule has 3 atom stereocenters. The summed E-state index contributed by atoms with van der Waals surface area (Å²) in [5, 5.41) is 9.81. The normalized spacial score (nSPS) is 14.1. The number of carbonyl (C=O) groups excluding carboxylic acids is 3. The molecule has 0 aliphatic rings. The number of unbranched alkanes of at least 4 members (excludes halogenated alkanes) is 20. The Bertz CT molecular complexity index is 1610. The molecule has 0 rings (SSSR count). The number of allylic oxidation sites excluding steroid dienone is 16. The van der Waals surface area contributed by atoms with E-state index in [1.54, 1.807) is 0 Å². The molecule has 3 unspecified atom stereocenters. The van der Waals surface area contributed by atoms with Gasteiger partial charge in [0.2, 0.25) is 0 Å². The van der Waals surface area contributed by atoms with Crippen LogP contribution in [0.1, 0.15) is 239 Å². The van der Waals surface area contributed by atoms with E-state index in [1.807, 2.05) is 12.2 Å². The Balaban J connectivity index is 4.86. The van der Waals surface area contributed by atoms with E-state index in [4.69, 9.17) is 23.3 Å². The van der Waals surface area contributed by atoms with Crippen molar-refractivity contribution in [3.63, 3.8) is 0 Å². The van der Waals surface area contributed by atoms with Crippen molar-refractivity contribution in [3.05, 3.63) is 97.2 Å². The Hall–Kier alpha value is -3.60. The van der Waals surface area contributed by atoms with Crippen LogP contribution in [0, 0.1) is 0 Å². The fourth-order valence-corrected chi connectivity index (χ4v) is 8.37. The topological polar surface area (TPSA) is 155 Å². The van der Waals surface area contributed by atoms with E-state index in [-0.39, 0.29) is 25.9 Å². The summed E-state index contributed by atoms with van der Waals surface area (Å²) >= 11 is 0. The molecule has 0 saturated carbocycles. The van der Waals surface area contributed by atoms with E-state index in [0.29, 0.717) is 25.7 Å². The number of aliphatic hydroxyl groups is 1. The van der Waals surface area contributed by atoms with Gasteiger partial charge in [-0.2, -0.15) is 0 Å². The Morgan fingerprint density at radius 1 is 0.392 bits per heavy atom. The van der Waals surface area contributed by atoms with E-state index in [1.165, 1.54) is 77.0 Å². The maximum atomic E-state index is 12.9. The van der Waals surface area contributed by atoms with Crippen LogP contribution in [-0.4, -0.2) is 66.5 Å². The fraction of sp³-hybridized carbons (Fsp3) is 0.694. The van der Waals surface area contributed by atoms with Crippen LogP contribution in [0.2, 0.25) is 0 Å². The number of rotatable bonds is 53. The minimum atomic E-state index is -4.77. The van der Waals surface area contributed by atoms with Crippen molar-refractivity contribution in [1.82, 2.24) is 0 Å². The lowest BCUT2D eigenvalue weighted by Crippen LogP contribution is -2.30. The zero-order chi connectivity index (χ0) is 54.1. The highest BCUT2D eigenvalue weighted by Gasteiger charge is 2.28. The van der Waals surface area contributed by atoms with Gasteiger partial charge in [0.05, 0.1) is 19.8 Å². The van der Waals surface area contributed by atoms with Crippen LogP contribution in [-0.2, 0) is 42.2 Å². The molecule has 0 aromatic heterocycles. The summed E-state index contributed by atoms with van der Waals surface area (Å²) in [5.41, 5.74) is 0. The van der Waals surface area contributed by atoms with Crippen LogP contribution in [0.15, 0.2) is 97.2 Å². The first kappa shape index (κ1) is 70.4. The molecule has 2 N–H and O–H groups in total. The van der Waals surface area contributed by atoms with Crippen LogP contribution in [0.4, 0.5) is 0 Å².